The number of nitrogens with zero attached hydrogens (tertiary/aromatic N) is 1. The van der Waals surface area contributed by atoms with Gasteiger partial charge in [0.05, 0.1) is 5.84 Å². The summed E-state index contributed by atoms with van der Waals surface area (Å²) < 4.78 is 0. The maximum absolute atomic E-state index is 7.27. The number of nitrogens with one attached hydrogen (secondary N) is 1. The second-order valence-corrected chi connectivity index (χ2v) is 4.96. The topological polar surface area (TPSA) is 53.1 Å². The van der Waals surface area contributed by atoms with E-state index < -0.39 is 0 Å². The highest BCUT2D eigenvalue weighted by Gasteiger charge is 2.27. The predicted octanol–water partition coefficient (Wildman–Crippen LogP) is 2.75. The Labute approximate surface area is 99.9 Å². The Bertz CT molecular complexity index is 199. The largest absolute Gasteiger partial charge is 0.388 e. The fourth-order valence-corrected chi connectivity index (χ4v) is 2.10. The molecule has 0 bridgehead atoms. The molecule has 0 aliphatic heterocycles. The maximum atomic E-state index is 7.27. The molecule has 3 nitrogen and oxygen atoms in total. The Morgan fingerprint density at radius 3 is 2.44 bits per heavy atom. The lowest BCUT2D eigenvalue weighted by Crippen LogP contribution is -2.30. The summed E-state index contributed by atoms with van der Waals surface area (Å²) in [5.74, 6) is 0.330. The quantitative estimate of drug-likeness (QED) is 0.341. The molecule has 1 rings (SSSR count). The summed E-state index contributed by atoms with van der Waals surface area (Å²) in [5, 5.41) is 7.27. The summed E-state index contributed by atoms with van der Waals surface area (Å²) in [6.45, 7) is 4.46. The third-order valence-corrected chi connectivity index (χ3v) is 3.28. The molecule has 16 heavy (non-hydrogen) atoms. The molecule has 3 N–H and O–H groups in total. The first-order chi connectivity index (χ1) is 7.74. The zero-order valence-electron chi connectivity index (χ0n) is 10.7. The van der Waals surface area contributed by atoms with E-state index in [1.54, 1.807) is 0 Å². The second-order valence-electron chi connectivity index (χ2n) is 4.96. The zero-order chi connectivity index (χ0) is 11.8. The molecule has 0 heterocycles. The SMILES string of the molecule is CCCCCCCN(CCC(=N)N)C1CC1. The van der Waals surface area contributed by atoms with E-state index in [0.717, 1.165) is 19.0 Å². The fourth-order valence-electron chi connectivity index (χ4n) is 2.10. The van der Waals surface area contributed by atoms with E-state index in [0.29, 0.717) is 5.84 Å². The van der Waals surface area contributed by atoms with E-state index in [9.17, 15) is 0 Å². The molecular formula is C13H27N3. The summed E-state index contributed by atoms with van der Waals surface area (Å²) in [5.41, 5.74) is 5.41. The summed E-state index contributed by atoms with van der Waals surface area (Å²) in [6, 6.07) is 0.811. The van der Waals surface area contributed by atoms with Crippen LogP contribution in [0.25, 0.3) is 0 Å². The van der Waals surface area contributed by atoms with Gasteiger partial charge in [-0.2, -0.15) is 0 Å². The Morgan fingerprint density at radius 1 is 1.19 bits per heavy atom. The van der Waals surface area contributed by atoms with E-state index in [1.165, 1.54) is 51.5 Å². The minimum absolute atomic E-state index is 0.330. The summed E-state index contributed by atoms with van der Waals surface area (Å²) in [6.07, 6.45) is 10.2. The fraction of sp³-hybridized carbons (Fsp3) is 0.923. The van der Waals surface area contributed by atoms with Crippen LogP contribution in [0.1, 0.15) is 58.3 Å². The van der Waals surface area contributed by atoms with Crippen molar-refractivity contribution in [2.24, 2.45) is 5.73 Å². The average Bonchev–Trinajstić information content (AvgIpc) is 3.05. The first-order valence-corrected chi connectivity index (χ1v) is 6.81. The minimum atomic E-state index is 0.330. The van der Waals surface area contributed by atoms with Crippen LogP contribution in [0.3, 0.4) is 0 Å². The van der Waals surface area contributed by atoms with Gasteiger partial charge < -0.3 is 5.73 Å². The average molecular weight is 225 g/mol. The van der Waals surface area contributed by atoms with Crippen molar-refractivity contribution in [1.82, 2.24) is 4.90 Å². The first kappa shape index (κ1) is 13.5. The molecule has 0 aromatic carbocycles. The monoisotopic (exact) mass is 225 g/mol. The normalized spacial score (nSPS) is 15.6. The Kier molecular flexibility index (Phi) is 6.46. The standard InChI is InChI=1S/C13H27N3/c1-2-3-4-5-6-10-16(12-7-8-12)11-9-13(14)15/h12H,2-11H2,1H3,(H3,14,15). The van der Waals surface area contributed by atoms with Gasteiger partial charge in [0.15, 0.2) is 0 Å². The third-order valence-electron chi connectivity index (χ3n) is 3.28. The van der Waals surface area contributed by atoms with Crippen molar-refractivity contribution in [2.45, 2.75) is 64.3 Å². The van der Waals surface area contributed by atoms with Gasteiger partial charge >= 0.3 is 0 Å². The molecule has 0 aromatic rings. The summed E-state index contributed by atoms with van der Waals surface area (Å²) in [7, 11) is 0. The number of rotatable bonds is 10. The highest BCUT2D eigenvalue weighted by molar-refractivity contribution is 5.76. The molecule has 0 radical (unpaired) electrons. The molecule has 0 atom stereocenters. The summed E-state index contributed by atoms with van der Waals surface area (Å²) in [4.78, 5) is 2.54. The van der Waals surface area contributed by atoms with Crippen LogP contribution in [0.5, 0.6) is 0 Å². The van der Waals surface area contributed by atoms with Gasteiger partial charge in [0, 0.05) is 19.0 Å². The van der Waals surface area contributed by atoms with Crippen LogP contribution in [-0.2, 0) is 0 Å². The van der Waals surface area contributed by atoms with Gasteiger partial charge in [-0.15, -0.1) is 0 Å². The molecule has 0 spiro atoms. The van der Waals surface area contributed by atoms with Crippen LogP contribution in [0.2, 0.25) is 0 Å². The van der Waals surface area contributed by atoms with E-state index >= 15 is 0 Å². The van der Waals surface area contributed by atoms with Gasteiger partial charge in [-0.1, -0.05) is 32.6 Å². The molecule has 3 heteroatoms. The Morgan fingerprint density at radius 2 is 1.88 bits per heavy atom. The third kappa shape index (κ3) is 6.11. The summed E-state index contributed by atoms with van der Waals surface area (Å²) >= 11 is 0. The van der Waals surface area contributed by atoms with Crippen molar-refractivity contribution in [2.75, 3.05) is 13.1 Å². The molecule has 1 aliphatic carbocycles. The van der Waals surface area contributed by atoms with Gasteiger partial charge in [-0.25, -0.2) is 0 Å². The van der Waals surface area contributed by atoms with E-state index in [2.05, 4.69) is 11.8 Å². The molecule has 0 amide bonds. The van der Waals surface area contributed by atoms with Gasteiger partial charge in [0.2, 0.25) is 0 Å². The second kappa shape index (κ2) is 7.66. The van der Waals surface area contributed by atoms with Crippen LogP contribution in [-0.4, -0.2) is 29.9 Å². The number of hydrogen-bond donors (Lipinski definition) is 2. The molecule has 1 saturated carbocycles. The van der Waals surface area contributed by atoms with Crippen LogP contribution in [0.4, 0.5) is 0 Å². The minimum Gasteiger partial charge on any atom is -0.388 e. The molecule has 0 unspecified atom stereocenters. The Balaban J connectivity index is 2.06. The van der Waals surface area contributed by atoms with Crippen LogP contribution >= 0.6 is 0 Å². The van der Waals surface area contributed by atoms with Gasteiger partial charge in [-0.3, -0.25) is 10.3 Å². The van der Waals surface area contributed by atoms with Crippen molar-refractivity contribution in [3.63, 3.8) is 0 Å². The molecule has 1 aliphatic rings. The molecule has 0 saturated heterocycles. The lowest BCUT2D eigenvalue weighted by molar-refractivity contribution is 0.264. The lowest BCUT2D eigenvalue weighted by Gasteiger charge is -2.21. The smallest absolute Gasteiger partial charge is 0.0918 e. The number of hydrogen-bond acceptors (Lipinski definition) is 2. The maximum Gasteiger partial charge on any atom is 0.0918 e. The number of amidine groups is 1. The van der Waals surface area contributed by atoms with Crippen molar-refractivity contribution >= 4 is 5.84 Å². The predicted molar refractivity (Wildman–Crippen MR) is 69.9 cm³/mol. The zero-order valence-corrected chi connectivity index (χ0v) is 10.7. The van der Waals surface area contributed by atoms with E-state index in [4.69, 9.17) is 11.1 Å². The van der Waals surface area contributed by atoms with Crippen LogP contribution in [0.15, 0.2) is 0 Å². The number of nitrogens with two attached hydrogens (primary N) is 1. The van der Waals surface area contributed by atoms with Gasteiger partial charge in [-0.05, 0) is 25.8 Å². The van der Waals surface area contributed by atoms with Crippen LogP contribution < -0.4 is 5.73 Å². The highest BCUT2D eigenvalue weighted by atomic mass is 15.2. The lowest BCUT2D eigenvalue weighted by atomic mass is 10.1. The molecule has 94 valence electrons. The molecule has 1 fully saturated rings. The molecule has 0 aromatic heterocycles. The Hall–Kier alpha value is -0.570. The van der Waals surface area contributed by atoms with Crippen molar-refractivity contribution in [1.29, 1.82) is 5.41 Å². The number of unbranched alkanes of at least 4 members (excludes halogenated alkanes) is 4. The van der Waals surface area contributed by atoms with Crippen molar-refractivity contribution in [3.05, 3.63) is 0 Å². The van der Waals surface area contributed by atoms with Gasteiger partial charge in [0.1, 0.15) is 0 Å². The van der Waals surface area contributed by atoms with E-state index in [-0.39, 0.29) is 0 Å². The van der Waals surface area contributed by atoms with Crippen LogP contribution in [0, 0.1) is 5.41 Å². The van der Waals surface area contributed by atoms with E-state index in [1.807, 2.05) is 0 Å². The molecular weight excluding hydrogens is 198 g/mol. The van der Waals surface area contributed by atoms with Crippen molar-refractivity contribution < 1.29 is 0 Å². The van der Waals surface area contributed by atoms with Crippen molar-refractivity contribution in [3.8, 4) is 0 Å². The highest BCUT2D eigenvalue weighted by Crippen LogP contribution is 2.27. The first-order valence-electron chi connectivity index (χ1n) is 6.81. The van der Waals surface area contributed by atoms with Gasteiger partial charge in [0.25, 0.3) is 0 Å².